The van der Waals surface area contributed by atoms with Gasteiger partial charge in [0.05, 0.1) is 5.69 Å². The summed E-state index contributed by atoms with van der Waals surface area (Å²) >= 11 is 7.16. The van der Waals surface area contributed by atoms with Crippen LogP contribution in [0.3, 0.4) is 0 Å². The van der Waals surface area contributed by atoms with Crippen molar-refractivity contribution >= 4 is 62.4 Å². The first-order valence-corrected chi connectivity index (χ1v) is 8.91. The molecule has 1 fully saturated rings. The predicted molar refractivity (Wildman–Crippen MR) is 107 cm³/mol. The molecule has 0 amide bonds. The molecule has 3 N–H and O–H groups in total. The van der Waals surface area contributed by atoms with Gasteiger partial charge in [-0.1, -0.05) is 35.7 Å². The molecule has 3 nitrogen and oxygen atoms in total. The Balaban J connectivity index is 0.00000220. The van der Waals surface area contributed by atoms with Crippen LogP contribution in [0.4, 0.5) is 5.69 Å². The minimum Gasteiger partial charge on any atom is -0.398 e. The maximum Gasteiger partial charge on any atom is 0.0507 e. The zero-order chi connectivity index (χ0) is 14.5. The lowest BCUT2D eigenvalue weighted by atomic mass is 9.97. The highest BCUT2D eigenvalue weighted by Gasteiger charge is 2.24. The van der Waals surface area contributed by atoms with E-state index >= 15 is 0 Å². The van der Waals surface area contributed by atoms with Crippen LogP contribution in [0.25, 0.3) is 0 Å². The highest BCUT2D eigenvalue weighted by molar-refractivity contribution is 9.11. The van der Waals surface area contributed by atoms with E-state index in [1.165, 1.54) is 24.8 Å². The summed E-state index contributed by atoms with van der Waals surface area (Å²) in [5.74, 6) is 0. The number of halogens is 4. The molecule has 1 aromatic rings. The average Bonchev–Trinajstić information content (AvgIpc) is 2.45. The monoisotopic (exact) mass is 475 g/mol. The fourth-order valence-electron chi connectivity index (χ4n) is 2.81. The first-order valence-electron chi connectivity index (χ1n) is 7.32. The van der Waals surface area contributed by atoms with Crippen molar-refractivity contribution in [2.75, 3.05) is 31.9 Å². The van der Waals surface area contributed by atoms with E-state index in [1.807, 2.05) is 6.07 Å². The highest BCUT2D eigenvalue weighted by Crippen LogP contribution is 2.37. The number of nitrogens with two attached hydrogens (primary N) is 1. The van der Waals surface area contributed by atoms with Crippen molar-refractivity contribution in [2.45, 2.75) is 32.2 Å². The van der Waals surface area contributed by atoms with Gasteiger partial charge in [-0.15, -0.1) is 24.8 Å². The van der Waals surface area contributed by atoms with E-state index in [9.17, 15) is 0 Å². The van der Waals surface area contributed by atoms with Crippen molar-refractivity contribution in [2.24, 2.45) is 0 Å². The largest absolute Gasteiger partial charge is 0.398 e. The minimum atomic E-state index is 0. The summed E-state index contributed by atoms with van der Waals surface area (Å²) in [4.78, 5) is 2.57. The van der Waals surface area contributed by atoms with Gasteiger partial charge in [0, 0.05) is 41.2 Å². The number of hydrogen-bond acceptors (Lipinski definition) is 3. The van der Waals surface area contributed by atoms with Crippen LogP contribution in [0, 0.1) is 0 Å². The summed E-state index contributed by atoms with van der Waals surface area (Å²) in [5.41, 5.74) is 8.45. The molecule has 0 spiro atoms. The quantitative estimate of drug-likeness (QED) is 0.600. The van der Waals surface area contributed by atoms with E-state index in [0.717, 1.165) is 40.8 Å². The first-order chi connectivity index (χ1) is 9.63. The van der Waals surface area contributed by atoms with Crippen LogP contribution in [0.2, 0.25) is 0 Å². The predicted octanol–water partition coefficient (Wildman–Crippen LogP) is 4.77. The number of piperazine rings is 1. The van der Waals surface area contributed by atoms with E-state index in [-0.39, 0.29) is 24.8 Å². The number of nitrogens with zero attached hydrogens (tertiary/aromatic N) is 1. The van der Waals surface area contributed by atoms with E-state index in [0.29, 0.717) is 6.04 Å². The Hall–Kier alpha value is 0.480. The zero-order valence-electron chi connectivity index (χ0n) is 12.8. The van der Waals surface area contributed by atoms with Crippen molar-refractivity contribution in [3.63, 3.8) is 0 Å². The molecular formula is C15H25Br2Cl2N3. The van der Waals surface area contributed by atoms with E-state index in [4.69, 9.17) is 5.73 Å². The zero-order valence-corrected chi connectivity index (χ0v) is 17.6. The Morgan fingerprint density at radius 2 is 1.86 bits per heavy atom. The third kappa shape index (κ3) is 5.84. The van der Waals surface area contributed by atoms with Gasteiger partial charge in [-0.2, -0.15) is 0 Å². The number of rotatable bonds is 5. The molecule has 1 aromatic carbocycles. The lowest BCUT2D eigenvalue weighted by Crippen LogP contribution is -2.45. The first kappa shape index (κ1) is 22.5. The third-order valence-corrected chi connectivity index (χ3v) is 5.02. The molecule has 0 radical (unpaired) electrons. The molecule has 0 aromatic heterocycles. The molecule has 0 aliphatic carbocycles. The van der Waals surface area contributed by atoms with Crippen molar-refractivity contribution in [3.05, 3.63) is 26.6 Å². The van der Waals surface area contributed by atoms with Crippen molar-refractivity contribution in [1.29, 1.82) is 0 Å². The molecule has 1 aliphatic rings. The summed E-state index contributed by atoms with van der Waals surface area (Å²) in [5, 5.41) is 3.42. The lowest BCUT2D eigenvalue weighted by molar-refractivity contribution is 0.163. The maximum absolute atomic E-state index is 6.32. The van der Waals surface area contributed by atoms with Gasteiger partial charge in [0.1, 0.15) is 0 Å². The van der Waals surface area contributed by atoms with Gasteiger partial charge < -0.3 is 11.1 Å². The van der Waals surface area contributed by atoms with Crippen LogP contribution >= 0.6 is 56.7 Å². The van der Waals surface area contributed by atoms with Crippen LogP contribution in [0.1, 0.15) is 37.8 Å². The maximum atomic E-state index is 6.32. The molecule has 2 rings (SSSR count). The number of benzene rings is 1. The van der Waals surface area contributed by atoms with Crippen molar-refractivity contribution in [1.82, 2.24) is 10.2 Å². The summed E-state index contributed by atoms with van der Waals surface area (Å²) in [6.45, 7) is 6.57. The average molecular weight is 478 g/mol. The standard InChI is InChI=1S/C15H23Br2N3.2ClH/c1-2-3-4-14(20-7-5-19-6-8-20)12-9-11(16)10-13(17)15(12)18;;/h9-10,14,19H,2-8,18H2,1H3;2*1H/t14-;;/m0../s1. The second-order valence-corrected chi connectivity index (χ2v) is 7.10. The minimum absolute atomic E-state index is 0. The Morgan fingerprint density at radius 3 is 2.45 bits per heavy atom. The van der Waals surface area contributed by atoms with E-state index in [2.05, 4.69) is 55.1 Å². The number of nitrogen functional groups attached to an aromatic ring is 1. The summed E-state index contributed by atoms with van der Waals surface area (Å²) in [6.07, 6.45) is 3.62. The second-order valence-electron chi connectivity index (χ2n) is 5.33. The van der Waals surface area contributed by atoms with Crippen molar-refractivity contribution < 1.29 is 0 Å². The highest BCUT2D eigenvalue weighted by atomic mass is 79.9. The fourth-order valence-corrected chi connectivity index (χ4v) is 4.06. The van der Waals surface area contributed by atoms with Gasteiger partial charge in [0.25, 0.3) is 0 Å². The van der Waals surface area contributed by atoms with Gasteiger partial charge in [0.15, 0.2) is 0 Å². The third-order valence-electron chi connectivity index (χ3n) is 3.91. The van der Waals surface area contributed by atoms with Gasteiger partial charge in [0.2, 0.25) is 0 Å². The second kappa shape index (κ2) is 11.1. The molecule has 0 unspecified atom stereocenters. The Kier molecular flexibility index (Phi) is 11.3. The molecule has 22 heavy (non-hydrogen) atoms. The number of unbranched alkanes of at least 4 members (excludes halogenated alkanes) is 1. The molecule has 1 aliphatic heterocycles. The molecule has 1 heterocycles. The van der Waals surface area contributed by atoms with Crippen LogP contribution in [0.5, 0.6) is 0 Å². The molecule has 128 valence electrons. The topological polar surface area (TPSA) is 41.3 Å². The Morgan fingerprint density at radius 1 is 1.23 bits per heavy atom. The smallest absolute Gasteiger partial charge is 0.0507 e. The van der Waals surface area contributed by atoms with Gasteiger partial charge in [-0.25, -0.2) is 0 Å². The summed E-state index contributed by atoms with van der Waals surface area (Å²) in [7, 11) is 0. The molecule has 7 heteroatoms. The normalized spacial score (nSPS) is 16.5. The summed E-state index contributed by atoms with van der Waals surface area (Å²) in [6, 6.07) is 4.63. The molecule has 1 atom stereocenters. The van der Waals surface area contributed by atoms with Gasteiger partial charge in [-0.3, -0.25) is 4.90 Å². The number of nitrogens with one attached hydrogen (secondary N) is 1. The van der Waals surface area contributed by atoms with Gasteiger partial charge in [-0.05, 0) is 40.0 Å². The molecule has 0 saturated carbocycles. The van der Waals surface area contributed by atoms with Crippen LogP contribution < -0.4 is 11.1 Å². The lowest BCUT2D eigenvalue weighted by Gasteiger charge is -2.36. The Bertz CT molecular complexity index is 455. The SMILES string of the molecule is CCCC[C@@H](c1cc(Br)cc(Br)c1N)N1CCNCC1.Cl.Cl. The van der Waals surface area contributed by atoms with Crippen LogP contribution in [-0.2, 0) is 0 Å². The van der Waals surface area contributed by atoms with Gasteiger partial charge >= 0.3 is 0 Å². The number of anilines is 1. The Labute approximate surface area is 162 Å². The number of hydrogen-bond donors (Lipinski definition) is 2. The van der Waals surface area contributed by atoms with Crippen LogP contribution in [0.15, 0.2) is 21.1 Å². The molecular weight excluding hydrogens is 453 g/mol. The molecule has 1 saturated heterocycles. The van der Waals surface area contributed by atoms with Crippen molar-refractivity contribution in [3.8, 4) is 0 Å². The fraction of sp³-hybridized carbons (Fsp3) is 0.600. The molecule has 0 bridgehead atoms. The summed E-state index contributed by atoms with van der Waals surface area (Å²) < 4.78 is 2.07. The van der Waals surface area contributed by atoms with E-state index in [1.54, 1.807) is 0 Å². The van der Waals surface area contributed by atoms with E-state index < -0.39 is 0 Å². The van der Waals surface area contributed by atoms with Crippen LogP contribution in [-0.4, -0.2) is 31.1 Å².